The fourth-order valence-corrected chi connectivity index (χ4v) is 4.48. The Labute approximate surface area is 203 Å². The average Bonchev–Trinajstić information content (AvgIpc) is 2.87. The minimum absolute atomic E-state index is 0.105. The summed E-state index contributed by atoms with van der Waals surface area (Å²) in [5.74, 6) is 0.788. The second-order valence-corrected chi connectivity index (χ2v) is 8.41. The Kier molecular flexibility index (Phi) is 7.59. The predicted octanol–water partition coefficient (Wildman–Crippen LogP) is 5.09. The van der Waals surface area contributed by atoms with Crippen molar-refractivity contribution < 1.29 is 18.3 Å². The zero-order valence-electron chi connectivity index (χ0n) is 19.1. The molecule has 1 aliphatic rings. The number of halogens is 2. The van der Waals surface area contributed by atoms with Crippen molar-refractivity contribution in [2.75, 3.05) is 45.7 Å². The normalized spacial score (nSPS) is 14.2. The van der Waals surface area contributed by atoms with Gasteiger partial charge in [0.15, 0.2) is 5.11 Å². The van der Waals surface area contributed by atoms with Crippen molar-refractivity contribution in [1.82, 2.24) is 9.80 Å². The van der Waals surface area contributed by atoms with E-state index in [9.17, 15) is 8.78 Å². The maximum atomic E-state index is 13.6. The lowest BCUT2D eigenvalue weighted by Gasteiger charge is -2.40. The van der Waals surface area contributed by atoms with Crippen LogP contribution in [0.25, 0.3) is 0 Å². The van der Waals surface area contributed by atoms with Gasteiger partial charge in [-0.2, -0.15) is 0 Å². The number of piperazine rings is 1. The molecular weight excluding hydrogens is 456 g/mol. The van der Waals surface area contributed by atoms with Crippen molar-refractivity contribution in [3.63, 3.8) is 0 Å². The van der Waals surface area contributed by atoms with Gasteiger partial charge in [0.1, 0.15) is 23.1 Å². The summed E-state index contributed by atoms with van der Waals surface area (Å²) in [4.78, 5) is 4.43. The third kappa shape index (κ3) is 5.46. The van der Waals surface area contributed by atoms with Gasteiger partial charge in [0.25, 0.3) is 0 Å². The lowest BCUT2D eigenvalue weighted by Crippen LogP contribution is -2.51. The van der Waals surface area contributed by atoms with Crippen LogP contribution in [0.15, 0.2) is 66.7 Å². The Hall–Kier alpha value is -3.23. The van der Waals surface area contributed by atoms with Gasteiger partial charge in [0.05, 0.1) is 25.9 Å². The van der Waals surface area contributed by atoms with Crippen LogP contribution in [0.3, 0.4) is 0 Å². The molecule has 4 rings (SSSR count). The molecule has 0 unspecified atom stereocenters. The average molecular weight is 484 g/mol. The molecule has 5 nitrogen and oxygen atoms in total. The van der Waals surface area contributed by atoms with Gasteiger partial charge < -0.3 is 19.7 Å². The molecule has 0 amide bonds. The van der Waals surface area contributed by atoms with E-state index in [1.165, 1.54) is 24.3 Å². The number of anilines is 1. The van der Waals surface area contributed by atoms with Gasteiger partial charge in [0.2, 0.25) is 0 Å². The highest BCUT2D eigenvalue weighted by atomic mass is 32.1. The quantitative estimate of drug-likeness (QED) is 0.493. The molecular formula is C26H27F2N3O2S. The first-order valence-corrected chi connectivity index (χ1v) is 11.4. The maximum Gasteiger partial charge on any atom is 0.173 e. The molecule has 0 aromatic heterocycles. The number of nitrogens with one attached hydrogen (secondary N) is 1. The van der Waals surface area contributed by atoms with Crippen LogP contribution < -0.4 is 14.8 Å². The SMILES string of the molecule is COc1ccc(NC(=S)N2CCN(C(c3ccc(F)cc3)c3ccc(F)cc3)CC2)c(OC)c1. The van der Waals surface area contributed by atoms with E-state index < -0.39 is 0 Å². The Balaban J connectivity index is 1.47. The molecule has 1 N–H and O–H groups in total. The number of rotatable bonds is 6. The second kappa shape index (κ2) is 10.8. The van der Waals surface area contributed by atoms with E-state index in [1.807, 2.05) is 12.1 Å². The Morgan fingerprint density at radius 3 is 1.88 bits per heavy atom. The molecule has 1 fully saturated rings. The number of methoxy groups -OCH3 is 2. The molecule has 0 saturated carbocycles. The molecule has 178 valence electrons. The standard InChI is InChI=1S/C26H27F2N3O2S/c1-32-22-11-12-23(24(17-22)33-2)29-26(34)31-15-13-30(14-16-31)25(18-3-7-20(27)8-4-18)19-5-9-21(28)10-6-19/h3-12,17,25H,13-16H2,1-2H3,(H,29,34). The summed E-state index contributed by atoms with van der Waals surface area (Å²) in [6.07, 6.45) is 0. The molecule has 0 radical (unpaired) electrons. The fourth-order valence-electron chi connectivity index (χ4n) is 4.18. The van der Waals surface area contributed by atoms with Gasteiger partial charge in [-0.3, -0.25) is 4.90 Å². The van der Waals surface area contributed by atoms with Gasteiger partial charge in [-0.1, -0.05) is 24.3 Å². The largest absolute Gasteiger partial charge is 0.497 e. The predicted molar refractivity (Wildman–Crippen MR) is 134 cm³/mol. The minimum Gasteiger partial charge on any atom is -0.497 e. The van der Waals surface area contributed by atoms with Crippen LogP contribution in [-0.2, 0) is 0 Å². The van der Waals surface area contributed by atoms with Crippen molar-refractivity contribution in [2.24, 2.45) is 0 Å². The van der Waals surface area contributed by atoms with Gasteiger partial charge >= 0.3 is 0 Å². The second-order valence-electron chi connectivity index (χ2n) is 8.03. The molecule has 0 bridgehead atoms. The Morgan fingerprint density at radius 2 is 1.38 bits per heavy atom. The molecule has 1 saturated heterocycles. The van der Waals surface area contributed by atoms with Crippen LogP contribution in [0, 0.1) is 11.6 Å². The molecule has 3 aromatic rings. The lowest BCUT2D eigenvalue weighted by atomic mass is 9.96. The Bertz CT molecular complexity index is 1070. The van der Waals surface area contributed by atoms with Crippen molar-refractivity contribution in [1.29, 1.82) is 0 Å². The lowest BCUT2D eigenvalue weighted by molar-refractivity contribution is 0.151. The van der Waals surface area contributed by atoms with Crippen LogP contribution in [-0.4, -0.2) is 55.3 Å². The van der Waals surface area contributed by atoms with Crippen molar-refractivity contribution in [3.8, 4) is 11.5 Å². The van der Waals surface area contributed by atoms with E-state index in [1.54, 1.807) is 44.6 Å². The van der Waals surface area contributed by atoms with Crippen LogP contribution in [0.1, 0.15) is 17.2 Å². The Morgan fingerprint density at radius 1 is 0.824 bits per heavy atom. The molecule has 0 atom stereocenters. The summed E-state index contributed by atoms with van der Waals surface area (Å²) in [5, 5.41) is 3.89. The van der Waals surface area contributed by atoms with Crippen molar-refractivity contribution >= 4 is 23.0 Å². The highest BCUT2D eigenvalue weighted by Gasteiger charge is 2.27. The summed E-state index contributed by atoms with van der Waals surface area (Å²) < 4.78 is 37.8. The van der Waals surface area contributed by atoms with E-state index in [0.29, 0.717) is 29.7 Å². The minimum atomic E-state index is -0.281. The number of thiocarbonyl (C=S) groups is 1. The topological polar surface area (TPSA) is 37.0 Å². The van der Waals surface area contributed by atoms with Gasteiger partial charge in [-0.15, -0.1) is 0 Å². The first-order valence-electron chi connectivity index (χ1n) is 11.0. The number of ether oxygens (including phenoxy) is 2. The van der Waals surface area contributed by atoms with E-state index in [2.05, 4.69) is 15.1 Å². The van der Waals surface area contributed by atoms with Crippen LogP contribution in [0.2, 0.25) is 0 Å². The summed E-state index contributed by atoms with van der Waals surface area (Å²) in [6, 6.07) is 18.4. The van der Waals surface area contributed by atoms with E-state index >= 15 is 0 Å². The number of benzene rings is 3. The molecule has 3 aromatic carbocycles. The fraction of sp³-hybridized carbons (Fsp3) is 0.269. The van der Waals surface area contributed by atoms with Gasteiger partial charge in [-0.05, 0) is 59.7 Å². The first-order chi connectivity index (χ1) is 16.5. The number of hydrogen-bond donors (Lipinski definition) is 1. The summed E-state index contributed by atoms with van der Waals surface area (Å²) in [7, 11) is 3.21. The third-order valence-electron chi connectivity index (χ3n) is 5.99. The van der Waals surface area contributed by atoms with E-state index in [0.717, 1.165) is 29.9 Å². The summed E-state index contributed by atoms with van der Waals surface area (Å²) in [5.41, 5.74) is 2.70. The molecule has 1 heterocycles. The van der Waals surface area contributed by atoms with Crippen molar-refractivity contribution in [3.05, 3.63) is 89.5 Å². The third-order valence-corrected chi connectivity index (χ3v) is 6.35. The number of hydrogen-bond acceptors (Lipinski definition) is 4. The molecule has 8 heteroatoms. The van der Waals surface area contributed by atoms with Crippen molar-refractivity contribution in [2.45, 2.75) is 6.04 Å². The summed E-state index contributed by atoms with van der Waals surface area (Å²) in [6.45, 7) is 2.90. The maximum absolute atomic E-state index is 13.6. The zero-order valence-corrected chi connectivity index (χ0v) is 19.9. The van der Waals surface area contributed by atoms with Crippen LogP contribution in [0.4, 0.5) is 14.5 Å². The molecule has 34 heavy (non-hydrogen) atoms. The zero-order chi connectivity index (χ0) is 24.1. The molecule has 0 spiro atoms. The van der Waals surface area contributed by atoms with E-state index in [4.69, 9.17) is 21.7 Å². The molecule has 0 aliphatic carbocycles. The smallest absolute Gasteiger partial charge is 0.173 e. The highest BCUT2D eigenvalue weighted by molar-refractivity contribution is 7.80. The number of nitrogens with zero attached hydrogens (tertiary/aromatic N) is 2. The van der Waals surface area contributed by atoms with Gasteiger partial charge in [-0.25, -0.2) is 8.78 Å². The van der Waals surface area contributed by atoms with E-state index in [-0.39, 0.29) is 17.7 Å². The monoisotopic (exact) mass is 483 g/mol. The highest BCUT2D eigenvalue weighted by Crippen LogP contribution is 2.31. The summed E-state index contributed by atoms with van der Waals surface area (Å²) >= 11 is 5.67. The van der Waals surface area contributed by atoms with Gasteiger partial charge in [0, 0.05) is 32.2 Å². The van der Waals surface area contributed by atoms with Crippen LogP contribution in [0.5, 0.6) is 11.5 Å². The molecule has 1 aliphatic heterocycles. The first kappa shape index (κ1) is 23.9. The van der Waals surface area contributed by atoms with Crippen LogP contribution >= 0.6 is 12.2 Å².